The second-order valence-electron chi connectivity index (χ2n) is 3.07. The van der Waals surface area contributed by atoms with E-state index in [1.165, 1.54) is 11.8 Å². The third-order valence-corrected chi connectivity index (χ3v) is 2.02. The molecule has 0 aromatic carbocycles. The molecule has 0 amide bonds. The van der Waals surface area contributed by atoms with Crippen LogP contribution in [0.2, 0.25) is 0 Å². The van der Waals surface area contributed by atoms with Gasteiger partial charge in [0.15, 0.2) is 5.16 Å². The standard InChI is InChI=1S/C8H15N5S/c1-5(2)10-6-4-7(13-9)12-8(11-6)14-3/h4-5H,9H2,1-3H3,(H2,10,11,12,13). The molecule has 0 unspecified atom stereocenters. The lowest BCUT2D eigenvalue weighted by molar-refractivity contribution is 0.868. The molecule has 14 heavy (non-hydrogen) atoms. The summed E-state index contributed by atoms with van der Waals surface area (Å²) in [7, 11) is 0. The lowest BCUT2D eigenvalue weighted by Gasteiger charge is -2.10. The zero-order valence-electron chi connectivity index (χ0n) is 8.53. The van der Waals surface area contributed by atoms with Crippen molar-refractivity contribution in [2.75, 3.05) is 17.0 Å². The maximum Gasteiger partial charge on any atom is 0.191 e. The van der Waals surface area contributed by atoms with Crippen LogP contribution in [0.5, 0.6) is 0 Å². The smallest absolute Gasteiger partial charge is 0.191 e. The summed E-state index contributed by atoms with van der Waals surface area (Å²) >= 11 is 1.48. The van der Waals surface area contributed by atoms with Crippen LogP contribution < -0.4 is 16.6 Å². The summed E-state index contributed by atoms with van der Waals surface area (Å²) in [6.45, 7) is 4.10. The van der Waals surface area contributed by atoms with Crippen molar-refractivity contribution in [3.8, 4) is 0 Å². The van der Waals surface area contributed by atoms with Crippen LogP contribution in [0.15, 0.2) is 11.2 Å². The number of thioether (sulfide) groups is 1. The van der Waals surface area contributed by atoms with E-state index in [4.69, 9.17) is 5.84 Å². The Labute approximate surface area is 87.9 Å². The van der Waals surface area contributed by atoms with Gasteiger partial charge in [-0.25, -0.2) is 15.8 Å². The quantitative estimate of drug-likeness (QED) is 0.303. The molecule has 1 aromatic heterocycles. The molecule has 0 spiro atoms. The zero-order valence-corrected chi connectivity index (χ0v) is 9.35. The van der Waals surface area contributed by atoms with Crippen molar-refractivity contribution in [1.82, 2.24) is 9.97 Å². The van der Waals surface area contributed by atoms with Gasteiger partial charge in [-0.05, 0) is 20.1 Å². The van der Waals surface area contributed by atoms with Crippen LogP contribution in [0.1, 0.15) is 13.8 Å². The molecular weight excluding hydrogens is 198 g/mol. The van der Waals surface area contributed by atoms with E-state index >= 15 is 0 Å². The largest absolute Gasteiger partial charge is 0.368 e. The predicted octanol–water partition coefficient (Wildman–Crippen LogP) is 1.30. The van der Waals surface area contributed by atoms with Crippen LogP contribution in [0.25, 0.3) is 0 Å². The maximum absolute atomic E-state index is 5.30. The van der Waals surface area contributed by atoms with E-state index in [9.17, 15) is 0 Å². The molecule has 78 valence electrons. The fourth-order valence-corrected chi connectivity index (χ4v) is 1.34. The normalized spacial score (nSPS) is 10.4. The number of hydrogen-bond donors (Lipinski definition) is 3. The first-order valence-corrected chi connectivity index (χ1v) is 5.54. The summed E-state index contributed by atoms with van der Waals surface area (Å²) in [5.74, 6) is 6.70. The summed E-state index contributed by atoms with van der Waals surface area (Å²) in [4.78, 5) is 8.44. The lowest BCUT2D eigenvalue weighted by atomic mass is 10.4. The summed E-state index contributed by atoms with van der Waals surface area (Å²) in [6.07, 6.45) is 1.93. The monoisotopic (exact) mass is 213 g/mol. The van der Waals surface area contributed by atoms with Gasteiger partial charge in [-0.3, -0.25) is 0 Å². The van der Waals surface area contributed by atoms with Gasteiger partial charge in [0.25, 0.3) is 0 Å². The topological polar surface area (TPSA) is 75.9 Å². The van der Waals surface area contributed by atoms with Gasteiger partial charge in [0.05, 0.1) is 0 Å². The minimum atomic E-state index is 0.338. The Balaban J connectivity index is 2.92. The molecule has 0 aliphatic heterocycles. The number of nitrogens with one attached hydrogen (secondary N) is 2. The minimum Gasteiger partial charge on any atom is -0.368 e. The van der Waals surface area contributed by atoms with E-state index in [1.807, 2.05) is 6.26 Å². The molecule has 0 saturated heterocycles. The van der Waals surface area contributed by atoms with Gasteiger partial charge in [0, 0.05) is 12.1 Å². The number of nitrogen functional groups attached to an aromatic ring is 1. The highest BCUT2D eigenvalue weighted by Gasteiger charge is 2.03. The second kappa shape index (κ2) is 5.02. The van der Waals surface area contributed by atoms with Crippen molar-refractivity contribution in [2.24, 2.45) is 5.84 Å². The number of nitrogens with zero attached hydrogens (tertiary/aromatic N) is 2. The molecule has 0 bridgehead atoms. The molecule has 6 heteroatoms. The third kappa shape index (κ3) is 3.04. The average molecular weight is 213 g/mol. The van der Waals surface area contributed by atoms with Crippen LogP contribution >= 0.6 is 11.8 Å². The molecule has 0 aliphatic carbocycles. The molecule has 0 fully saturated rings. The van der Waals surface area contributed by atoms with Crippen molar-refractivity contribution in [1.29, 1.82) is 0 Å². The number of anilines is 2. The van der Waals surface area contributed by atoms with Crippen LogP contribution in [-0.2, 0) is 0 Å². The van der Waals surface area contributed by atoms with Gasteiger partial charge < -0.3 is 10.7 Å². The van der Waals surface area contributed by atoms with Crippen molar-refractivity contribution in [3.05, 3.63) is 6.07 Å². The Bertz CT molecular complexity index is 280. The molecular formula is C8H15N5S. The number of aromatic nitrogens is 2. The van der Waals surface area contributed by atoms with Gasteiger partial charge in [-0.1, -0.05) is 11.8 Å². The van der Waals surface area contributed by atoms with Crippen LogP contribution in [-0.4, -0.2) is 22.3 Å². The van der Waals surface area contributed by atoms with Crippen LogP contribution in [0.3, 0.4) is 0 Å². The van der Waals surface area contributed by atoms with Crippen molar-refractivity contribution >= 4 is 23.4 Å². The maximum atomic E-state index is 5.30. The molecule has 1 heterocycles. The predicted molar refractivity (Wildman–Crippen MR) is 60.4 cm³/mol. The summed E-state index contributed by atoms with van der Waals surface area (Å²) in [5.41, 5.74) is 2.51. The second-order valence-corrected chi connectivity index (χ2v) is 3.84. The highest BCUT2D eigenvalue weighted by Crippen LogP contribution is 2.16. The molecule has 1 aromatic rings. The molecule has 0 saturated carbocycles. The summed E-state index contributed by atoms with van der Waals surface area (Å²) in [5, 5.41) is 3.89. The van der Waals surface area contributed by atoms with Crippen molar-refractivity contribution in [3.63, 3.8) is 0 Å². The summed E-state index contributed by atoms with van der Waals surface area (Å²) in [6, 6.07) is 2.12. The lowest BCUT2D eigenvalue weighted by Crippen LogP contribution is -2.14. The zero-order chi connectivity index (χ0) is 10.6. The highest BCUT2D eigenvalue weighted by molar-refractivity contribution is 7.98. The minimum absolute atomic E-state index is 0.338. The highest BCUT2D eigenvalue weighted by atomic mass is 32.2. The third-order valence-electron chi connectivity index (χ3n) is 1.47. The fourth-order valence-electron chi connectivity index (χ4n) is 0.960. The van der Waals surface area contributed by atoms with E-state index in [2.05, 4.69) is 34.6 Å². The van der Waals surface area contributed by atoms with E-state index in [-0.39, 0.29) is 0 Å². The molecule has 0 aliphatic rings. The Morgan fingerprint density at radius 3 is 2.50 bits per heavy atom. The number of nitrogens with two attached hydrogens (primary N) is 1. The molecule has 1 rings (SSSR count). The van der Waals surface area contributed by atoms with Crippen molar-refractivity contribution in [2.45, 2.75) is 25.0 Å². The first-order valence-electron chi connectivity index (χ1n) is 4.32. The van der Waals surface area contributed by atoms with E-state index in [1.54, 1.807) is 6.07 Å². The Hall–Kier alpha value is -1.01. The van der Waals surface area contributed by atoms with Gasteiger partial charge in [0.1, 0.15) is 11.6 Å². The number of rotatable bonds is 4. The molecule has 0 radical (unpaired) electrons. The van der Waals surface area contributed by atoms with Gasteiger partial charge in [-0.2, -0.15) is 0 Å². The Morgan fingerprint density at radius 2 is 2.00 bits per heavy atom. The van der Waals surface area contributed by atoms with Gasteiger partial charge in [0.2, 0.25) is 0 Å². The van der Waals surface area contributed by atoms with Crippen LogP contribution in [0.4, 0.5) is 11.6 Å². The van der Waals surface area contributed by atoms with E-state index in [0.717, 1.165) is 5.82 Å². The Morgan fingerprint density at radius 1 is 1.36 bits per heavy atom. The number of hydrogen-bond acceptors (Lipinski definition) is 6. The Kier molecular flexibility index (Phi) is 3.97. The molecule has 4 N–H and O–H groups in total. The number of hydrazine groups is 1. The fraction of sp³-hybridized carbons (Fsp3) is 0.500. The SMILES string of the molecule is CSc1nc(NN)cc(NC(C)C)n1. The van der Waals surface area contributed by atoms with E-state index < -0.39 is 0 Å². The first-order chi connectivity index (χ1) is 6.65. The first kappa shape index (κ1) is 11.1. The average Bonchev–Trinajstić information content (AvgIpc) is 2.16. The van der Waals surface area contributed by atoms with E-state index in [0.29, 0.717) is 17.0 Å². The summed E-state index contributed by atoms with van der Waals surface area (Å²) < 4.78 is 0. The van der Waals surface area contributed by atoms with Gasteiger partial charge >= 0.3 is 0 Å². The van der Waals surface area contributed by atoms with Crippen molar-refractivity contribution < 1.29 is 0 Å². The molecule has 5 nitrogen and oxygen atoms in total. The molecule has 0 atom stereocenters. The van der Waals surface area contributed by atoms with Crippen LogP contribution in [0, 0.1) is 0 Å². The van der Waals surface area contributed by atoms with Gasteiger partial charge in [-0.15, -0.1) is 0 Å².